The molecule has 10 heteroatoms. The largest absolute Gasteiger partial charge is 0.467 e. The Morgan fingerprint density at radius 2 is 2.06 bits per heavy atom. The maximum Gasteiger partial charge on any atom is 0.324 e. The fourth-order valence-corrected chi connectivity index (χ4v) is 5.70. The molecule has 1 atom stereocenters. The Hall–Kier alpha value is -2.98. The maximum atomic E-state index is 13.1. The number of rotatable bonds is 8. The quantitative estimate of drug-likeness (QED) is 0.475. The first kappa shape index (κ1) is 22.2. The van der Waals surface area contributed by atoms with Crippen LogP contribution in [0.5, 0.6) is 0 Å². The van der Waals surface area contributed by atoms with Gasteiger partial charge in [-0.3, -0.25) is 14.2 Å². The van der Waals surface area contributed by atoms with Crippen LogP contribution in [0.2, 0.25) is 0 Å². The lowest BCUT2D eigenvalue weighted by atomic mass is 10.2. The third kappa shape index (κ3) is 4.46. The van der Waals surface area contributed by atoms with E-state index in [0.29, 0.717) is 42.5 Å². The predicted octanol–water partition coefficient (Wildman–Crippen LogP) is 2.29. The molecule has 0 aliphatic carbocycles. The van der Waals surface area contributed by atoms with E-state index >= 15 is 0 Å². The molecular formula is C22H25N3O6S. The number of furan rings is 1. The molecule has 9 nitrogen and oxygen atoms in total. The van der Waals surface area contributed by atoms with Gasteiger partial charge in [-0.05, 0) is 43.5 Å². The third-order valence-corrected chi connectivity index (χ3v) is 7.55. The molecule has 32 heavy (non-hydrogen) atoms. The summed E-state index contributed by atoms with van der Waals surface area (Å²) in [6, 6.07) is 9.55. The summed E-state index contributed by atoms with van der Waals surface area (Å²) in [5.41, 5.74) is 0.221. The zero-order valence-corrected chi connectivity index (χ0v) is 18.6. The van der Waals surface area contributed by atoms with Crippen molar-refractivity contribution in [2.75, 3.05) is 12.3 Å². The van der Waals surface area contributed by atoms with E-state index in [1.54, 1.807) is 43.3 Å². The van der Waals surface area contributed by atoms with Crippen LogP contribution in [0.25, 0.3) is 10.9 Å². The molecule has 0 bridgehead atoms. The monoisotopic (exact) mass is 459 g/mol. The third-order valence-electron chi connectivity index (χ3n) is 5.47. The van der Waals surface area contributed by atoms with E-state index in [4.69, 9.17) is 9.15 Å². The molecule has 1 aliphatic heterocycles. The number of para-hydroxylation sites is 1. The Morgan fingerprint density at radius 1 is 1.25 bits per heavy atom. The molecule has 4 rings (SSSR count). The van der Waals surface area contributed by atoms with Crippen LogP contribution < -0.4 is 5.56 Å². The van der Waals surface area contributed by atoms with Crippen LogP contribution in [0.3, 0.4) is 0 Å². The fraction of sp³-hybridized carbons (Fsp3) is 0.409. The van der Waals surface area contributed by atoms with Crippen molar-refractivity contribution in [2.24, 2.45) is 0 Å². The number of esters is 1. The molecule has 1 aliphatic rings. The van der Waals surface area contributed by atoms with Gasteiger partial charge in [-0.15, -0.1) is 0 Å². The average Bonchev–Trinajstić information content (AvgIpc) is 3.47. The van der Waals surface area contributed by atoms with E-state index in [2.05, 4.69) is 4.98 Å². The predicted molar refractivity (Wildman–Crippen MR) is 117 cm³/mol. The first-order valence-corrected chi connectivity index (χ1v) is 12.2. The van der Waals surface area contributed by atoms with Gasteiger partial charge in [0.15, 0.2) is 5.82 Å². The molecule has 0 spiro atoms. The van der Waals surface area contributed by atoms with Crippen LogP contribution in [0.1, 0.15) is 37.8 Å². The smallest absolute Gasteiger partial charge is 0.324 e. The summed E-state index contributed by atoms with van der Waals surface area (Å²) in [4.78, 5) is 30.4. The molecule has 2 aromatic heterocycles. The minimum atomic E-state index is -3.52. The molecule has 3 aromatic rings. The van der Waals surface area contributed by atoms with Crippen molar-refractivity contribution < 1.29 is 22.4 Å². The Balaban J connectivity index is 1.60. The van der Waals surface area contributed by atoms with Gasteiger partial charge in [-0.2, -0.15) is 4.31 Å². The van der Waals surface area contributed by atoms with Crippen LogP contribution in [0.4, 0.5) is 0 Å². The maximum absolute atomic E-state index is 13.1. The van der Waals surface area contributed by atoms with Crippen molar-refractivity contribution in [3.8, 4) is 0 Å². The number of aromatic nitrogens is 2. The number of benzene rings is 1. The highest BCUT2D eigenvalue weighted by molar-refractivity contribution is 7.89. The van der Waals surface area contributed by atoms with Gasteiger partial charge in [0.25, 0.3) is 5.56 Å². The van der Waals surface area contributed by atoms with E-state index in [-0.39, 0.29) is 30.3 Å². The number of carbonyl (C=O) groups is 1. The highest BCUT2D eigenvalue weighted by Crippen LogP contribution is 2.23. The van der Waals surface area contributed by atoms with Gasteiger partial charge < -0.3 is 9.15 Å². The summed E-state index contributed by atoms with van der Waals surface area (Å²) in [5, 5.41) is 0.446. The molecule has 1 aromatic carbocycles. The summed E-state index contributed by atoms with van der Waals surface area (Å²) in [7, 11) is -3.52. The van der Waals surface area contributed by atoms with Crippen molar-refractivity contribution in [1.82, 2.24) is 13.9 Å². The number of fused-ring (bicyclic) bond motifs is 1. The minimum Gasteiger partial charge on any atom is -0.467 e. The summed E-state index contributed by atoms with van der Waals surface area (Å²) < 4.78 is 38.5. The van der Waals surface area contributed by atoms with Crippen molar-refractivity contribution in [2.45, 2.75) is 45.4 Å². The summed E-state index contributed by atoms with van der Waals surface area (Å²) in [5.74, 6) is 0.184. The number of nitrogens with zero attached hydrogens (tertiary/aromatic N) is 3. The van der Waals surface area contributed by atoms with Gasteiger partial charge in [0, 0.05) is 6.54 Å². The van der Waals surface area contributed by atoms with E-state index in [9.17, 15) is 18.0 Å². The zero-order chi connectivity index (χ0) is 22.7. The molecule has 0 amide bonds. The molecule has 170 valence electrons. The van der Waals surface area contributed by atoms with Crippen LogP contribution in [0.15, 0.2) is 51.9 Å². The minimum absolute atomic E-state index is 0.00824. The second-order valence-corrected chi connectivity index (χ2v) is 9.75. The van der Waals surface area contributed by atoms with Gasteiger partial charge in [0.1, 0.15) is 18.4 Å². The van der Waals surface area contributed by atoms with Gasteiger partial charge in [0.2, 0.25) is 10.0 Å². The van der Waals surface area contributed by atoms with Gasteiger partial charge in [-0.1, -0.05) is 19.1 Å². The number of carbonyl (C=O) groups excluding carboxylic acids is 1. The number of sulfonamides is 1. The Labute approximate surface area is 185 Å². The standard InChI is InChI=1S/C22H25N3O6S/c1-2-13-32(28,29)25-11-5-10-19(25)22(27)31-15-20-23-18-9-4-3-8-17(18)21(26)24(20)14-16-7-6-12-30-16/h3-4,6-9,12,19H,2,5,10-11,13-15H2,1H3. The van der Waals surface area contributed by atoms with Gasteiger partial charge in [-0.25, -0.2) is 13.4 Å². The van der Waals surface area contributed by atoms with E-state index < -0.39 is 22.0 Å². The molecule has 3 heterocycles. The topological polar surface area (TPSA) is 112 Å². The highest BCUT2D eigenvalue weighted by Gasteiger charge is 2.39. The lowest BCUT2D eigenvalue weighted by molar-refractivity contribution is -0.149. The van der Waals surface area contributed by atoms with E-state index in [0.717, 1.165) is 0 Å². The summed E-state index contributed by atoms with van der Waals surface area (Å²) in [6.07, 6.45) is 2.99. The van der Waals surface area contributed by atoms with E-state index in [1.165, 1.54) is 15.1 Å². The van der Waals surface area contributed by atoms with Crippen molar-refractivity contribution in [1.29, 1.82) is 0 Å². The Kier molecular flexibility index (Phi) is 6.43. The van der Waals surface area contributed by atoms with Crippen LogP contribution in [0, 0.1) is 0 Å². The van der Waals surface area contributed by atoms with Crippen LogP contribution in [-0.2, 0) is 32.7 Å². The lowest BCUT2D eigenvalue weighted by Gasteiger charge is -2.22. The molecule has 0 saturated carbocycles. The number of hydrogen-bond donors (Lipinski definition) is 0. The van der Waals surface area contributed by atoms with Crippen molar-refractivity contribution in [3.05, 3.63) is 64.6 Å². The van der Waals surface area contributed by atoms with Gasteiger partial charge >= 0.3 is 5.97 Å². The average molecular weight is 460 g/mol. The lowest BCUT2D eigenvalue weighted by Crippen LogP contribution is -2.42. The van der Waals surface area contributed by atoms with Crippen LogP contribution in [-0.4, -0.2) is 46.6 Å². The molecule has 0 radical (unpaired) electrons. The van der Waals surface area contributed by atoms with Crippen LogP contribution >= 0.6 is 0 Å². The number of hydrogen-bond acceptors (Lipinski definition) is 7. The molecule has 1 saturated heterocycles. The Morgan fingerprint density at radius 3 is 2.81 bits per heavy atom. The second kappa shape index (κ2) is 9.25. The SMILES string of the molecule is CCCS(=O)(=O)N1CCCC1C(=O)OCc1nc2ccccc2c(=O)n1Cc1ccco1. The summed E-state index contributed by atoms with van der Waals surface area (Å²) >= 11 is 0. The zero-order valence-electron chi connectivity index (χ0n) is 17.8. The summed E-state index contributed by atoms with van der Waals surface area (Å²) in [6.45, 7) is 1.97. The van der Waals surface area contributed by atoms with Crippen molar-refractivity contribution in [3.63, 3.8) is 0 Å². The second-order valence-electron chi connectivity index (χ2n) is 7.71. The first-order valence-electron chi connectivity index (χ1n) is 10.6. The highest BCUT2D eigenvalue weighted by atomic mass is 32.2. The molecule has 0 N–H and O–H groups in total. The molecular weight excluding hydrogens is 434 g/mol. The number of ether oxygens (including phenoxy) is 1. The Bertz CT molecular complexity index is 1270. The van der Waals surface area contributed by atoms with Crippen molar-refractivity contribution >= 4 is 26.9 Å². The molecule has 1 unspecified atom stereocenters. The fourth-order valence-electron chi connectivity index (χ4n) is 3.96. The normalized spacial score (nSPS) is 17.1. The first-order chi connectivity index (χ1) is 15.4. The molecule has 1 fully saturated rings. The van der Waals surface area contributed by atoms with Gasteiger partial charge in [0.05, 0.1) is 29.5 Å². The van der Waals surface area contributed by atoms with E-state index in [1.807, 2.05) is 0 Å².